The fourth-order valence-electron chi connectivity index (χ4n) is 2.68. The molecule has 6 heteroatoms. The van der Waals surface area contributed by atoms with E-state index >= 15 is 0 Å². The molecule has 1 aliphatic rings. The first-order valence-electron chi connectivity index (χ1n) is 6.89. The summed E-state index contributed by atoms with van der Waals surface area (Å²) in [6.45, 7) is 2.61. The van der Waals surface area contributed by atoms with Gasteiger partial charge in [-0.2, -0.15) is 0 Å². The molecule has 2 unspecified atom stereocenters. The van der Waals surface area contributed by atoms with E-state index in [1.807, 2.05) is 0 Å². The molecular formula is C14H21N3O3. The molecule has 0 saturated heterocycles. The standard InChI is InChI=1S/C14H21N3O3/c1-10-4-3-5-14(19,6-10)9-17-12-8-15-11(7-16-12)13(18)20-2/h7-8,10,19H,3-6,9H2,1-2H3,(H,16,17). The monoisotopic (exact) mass is 279 g/mol. The molecule has 1 saturated carbocycles. The molecule has 20 heavy (non-hydrogen) atoms. The van der Waals surface area contributed by atoms with Gasteiger partial charge in [0, 0.05) is 6.54 Å². The van der Waals surface area contributed by atoms with Crippen molar-refractivity contribution in [2.45, 2.75) is 38.2 Å². The first-order chi connectivity index (χ1) is 9.52. The maximum atomic E-state index is 11.2. The molecule has 2 N–H and O–H groups in total. The molecular weight excluding hydrogens is 258 g/mol. The number of nitrogens with zero attached hydrogens (tertiary/aromatic N) is 2. The molecule has 2 atom stereocenters. The number of hydrogen-bond acceptors (Lipinski definition) is 6. The van der Waals surface area contributed by atoms with E-state index in [1.54, 1.807) is 0 Å². The number of methoxy groups -OCH3 is 1. The second kappa shape index (κ2) is 6.17. The number of anilines is 1. The molecule has 110 valence electrons. The van der Waals surface area contributed by atoms with Gasteiger partial charge in [0.1, 0.15) is 5.82 Å². The van der Waals surface area contributed by atoms with Gasteiger partial charge in [0.15, 0.2) is 5.69 Å². The maximum Gasteiger partial charge on any atom is 0.358 e. The highest BCUT2D eigenvalue weighted by Crippen LogP contribution is 2.32. The minimum absolute atomic E-state index is 0.169. The summed E-state index contributed by atoms with van der Waals surface area (Å²) in [5.41, 5.74) is -0.511. The van der Waals surface area contributed by atoms with E-state index in [1.165, 1.54) is 25.9 Å². The largest absolute Gasteiger partial charge is 0.464 e. The van der Waals surface area contributed by atoms with Gasteiger partial charge in [0.05, 0.1) is 25.1 Å². The van der Waals surface area contributed by atoms with E-state index in [9.17, 15) is 9.90 Å². The van der Waals surface area contributed by atoms with Crippen LogP contribution in [0.15, 0.2) is 12.4 Å². The van der Waals surface area contributed by atoms with Gasteiger partial charge in [0.25, 0.3) is 0 Å². The number of rotatable bonds is 4. The molecule has 1 fully saturated rings. The van der Waals surface area contributed by atoms with E-state index < -0.39 is 11.6 Å². The molecule has 0 aliphatic heterocycles. The average molecular weight is 279 g/mol. The molecule has 1 aromatic heterocycles. The van der Waals surface area contributed by atoms with Crippen molar-refractivity contribution in [3.8, 4) is 0 Å². The second-order valence-corrected chi connectivity index (χ2v) is 5.56. The minimum atomic E-state index is -0.680. The number of nitrogens with one attached hydrogen (secondary N) is 1. The molecule has 1 aromatic rings. The molecule has 0 bridgehead atoms. The van der Waals surface area contributed by atoms with Crippen LogP contribution in [0.4, 0.5) is 5.82 Å². The molecule has 1 aliphatic carbocycles. The summed E-state index contributed by atoms with van der Waals surface area (Å²) in [5, 5.41) is 13.6. The number of aliphatic hydroxyl groups is 1. The third-order valence-corrected chi connectivity index (χ3v) is 3.71. The van der Waals surface area contributed by atoms with Crippen LogP contribution >= 0.6 is 0 Å². The van der Waals surface area contributed by atoms with Crippen LogP contribution in [0, 0.1) is 5.92 Å². The van der Waals surface area contributed by atoms with Crippen molar-refractivity contribution in [2.75, 3.05) is 19.0 Å². The van der Waals surface area contributed by atoms with E-state index in [0.29, 0.717) is 18.3 Å². The number of carbonyl (C=O) groups is 1. The molecule has 6 nitrogen and oxygen atoms in total. The zero-order valence-corrected chi connectivity index (χ0v) is 11.9. The van der Waals surface area contributed by atoms with E-state index in [-0.39, 0.29) is 5.69 Å². The predicted octanol–water partition coefficient (Wildman–Crippen LogP) is 1.62. The van der Waals surface area contributed by atoms with Crippen molar-refractivity contribution in [2.24, 2.45) is 5.92 Å². The summed E-state index contributed by atoms with van der Waals surface area (Å²) in [6, 6.07) is 0. The van der Waals surface area contributed by atoms with Crippen molar-refractivity contribution < 1.29 is 14.6 Å². The highest BCUT2D eigenvalue weighted by atomic mass is 16.5. The Hall–Kier alpha value is -1.69. The van der Waals surface area contributed by atoms with Gasteiger partial charge in [-0.1, -0.05) is 19.8 Å². The van der Waals surface area contributed by atoms with Crippen LogP contribution in [0.1, 0.15) is 43.1 Å². The Morgan fingerprint density at radius 2 is 2.35 bits per heavy atom. The first-order valence-corrected chi connectivity index (χ1v) is 6.89. The number of carbonyl (C=O) groups excluding carboxylic acids is 1. The fraction of sp³-hybridized carbons (Fsp3) is 0.643. The van der Waals surface area contributed by atoms with Crippen LogP contribution in [0.25, 0.3) is 0 Å². The Morgan fingerprint density at radius 1 is 1.55 bits per heavy atom. The molecule has 0 radical (unpaired) electrons. The lowest BCUT2D eigenvalue weighted by atomic mass is 9.79. The number of hydrogen-bond donors (Lipinski definition) is 2. The smallest absolute Gasteiger partial charge is 0.358 e. The van der Waals surface area contributed by atoms with Crippen molar-refractivity contribution in [1.82, 2.24) is 9.97 Å². The van der Waals surface area contributed by atoms with Crippen molar-refractivity contribution in [1.29, 1.82) is 0 Å². The number of aromatic nitrogens is 2. The number of ether oxygens (including phenoxy) is 1. The van der Waals surface area contributed by atoms with E-state index in [4.69, 9.17) is 0 Å². The normalized spacial score (nSPS) is 26.1. The van der Waals surface area contributed by atoms with Crippen molar-refractivity contribution >= 4 is 11.8 Å². The molecule has 0 amide bonds. The lowest BCUT2D eigenvalue weighted by Gasteiger charge is -2.35. The van der Waals surface area contributed by atoms with Gasteiger partial charge in [0.2, 0.25) is 0 Å². The Morgan fingerprint density at radius 3 is 2.95 bits per heavy atom. The van der Waals surface area contributed by atoms with Crippen molar-refractivity contribution in [3.63, 3.8) is 0 Å². The van der Waals surface area contributed by atoms with Crippen LogP contribution < -0.4 is 5.32 Å². The third-order valence-electron chi connectivity index (χ3n) is 3.71. The SMILES string of the molecule is COC(=O)c1cnc(NCC2(O)CCCC(C)C2)cn1. The van der Waals surface area contributed by atoms with Gasteiger partial charge >= 0.3 is 5.97 Å². The molecule has 0 spiro atoms. The Kier molecular flexibility index (Phi) is 4.54. The summed E-state index contributed by atoms with van der Waals surface area (Å²) < 4.78 is 4.56. The van der Waals surface area contributed by atoms with E-state index in [0.717, 1.165) is 19.3 Å². The molecule has 1 heterocycles. The summed E-state index contributed by atoms with van der Waals surface area (Å²) in [5.74, 6) is 0.580. The van der Waals surface area contributed by atoms with E-state index in [2.05, 4.69) is 26.9 Å². The fourth-order valence-corrected chi connectivity index (χ4v) is 2.68. The topological polar surface area (TPSA) is 84.3 Å². The molecule has 2 rings (SSSR count). The quantitative estimate of drug-likeness (QED) is 0.815. The van der Waals surface area contributed by atoms with Crippen LogP contribution in [0.5, 0.6) is 0 Å². The van der Waals surface area contributed by atoms with Gasteiger partial charge in [-0.25, -0.2) is 14.8 Å². The van der Waals surface area contributed by atoms with Crippen molar-refractivity contribution in [3.05, 3.63) is 18.1 Å². The van der Waals surface area contributed by atoms with Crippen LogP contribution in [-0.4, -0.2) is 40.3 Å². The minimum Gasteiger partial charge on any atom is -0.464 e. The molecule has 0 aromatic carbocycles. The zero-order chi connectivity index (χ0) is 14.6. The van der Waals surface area contributed by atoms with Crippen LogP contribution in [0.2, 0.25) is 0 Å². The third kappa shape index (κ3) is 3.66. The Labute approximate surface area is 118 Å². The number of esters is 1. The first kappa shape index (κ1) is 14.7. The second-order valence-electron chi connectivity index (χ2n) is 5.56. The lowest BCUT2D eigenvalue weighted by molar-refractivity contribution is -0.000843. The van der Waals surface area contributed by atoms with Gasteiger partial charge in [-0.15, -0.1) is 0 Å². The summed E-state index contributed by atoms with van der Waals surface area (Å²) in [6.07, 6.45) is 6.66. The highest BCUT2D eigenvalue weighted by molar-refractivity contribution is 5.86. The van der Waals surface area contributed by atoms with Gasteiger partial charge < -0.3 is 15.2 Å². The maximum absolute atomic E-state index is 11.2. The summed E-state index contributed by atoms with van der Waals surface area (Å²) in [4.78, 5) is 19.3. The zero-order valence-electron chi connectivity index (χ0n) is 11.9. The van der Waals surface area contributed by atoms with Gasteiger partial charge in [-0.3, -0.25) is 0 Å². The lowest BCUT2D eigenvalue weighted by Crippen LogP contribution is -2.41. The predicted molar refractivity (Wildman–Crippen MR) is 74.4 cm³/mol. The van der Waals surface area contributed by atoms with Crippen LogP contribution in [0.3, 0.4) is 0 Å². The Bertz CT molecular complexity index is 463. The average Bonchev–Trinajstić information content (AvgIpc) is 2.45. The van der Waals surface area contributed by atoms with Crippen LogP contribution in [-0.2, 0) is 4.74 Å². The Balaban J connectivity index is 1.92. The van der Waals surface area contributed by atoms with Gasteiger partial charge in [-0.05, 0) is 18.8 Å². The summed E-state index contributed by atoms with van der Waals surface area (Å²) in [7, 11) is 1.30. The summed E-state index contributed by atoms with van der Waals surface area (Å²) >= 11 is 0. The highest BCUT2D eigenvalue weighted by Gasteiger charge is 2.32.